The molecule has 9 heteroatoms. The van der Waals surface area contributed by atoms with Crippen LogP contribution in [-0.4, -0.2) is 56.0 Å². The Labute approximate surface area is 296 Å². The molecule has 0 heterocycles. The van der Waals surface area contributed by atoms with Crippen LogP contribution in [0.4, 0.5) is 0 Å². The molecule has 4 N–H and O–H groups in total. The quantitative estimate of drug-likeness (QED) is 0.0900. The number of phenols is 3. The van der Waals surface area contributed by atoms with Gasteiger partial charge in [0.1, 0.15) is 17.2 Å². The fourth-order valence-corrected chi connectivity index (χ4v) is 6.71. The van der Waals surface area contributed by atoms with E-state index in [0.717, 1.165) is 27.8 Å². The minimum absolute atomic E-state index is 0.00881. The number of hydrogen-bond acceptors (Lipinski definition) is 9. The molecule has 2 unspecified atom stereocenters. The molecule has 4 aromatic rings. The van der Waals surface area contributed by atoms with E-state index in [4.69, 9.17) is 23.7 Å². The topological polar surface area (TPSA) is 127 Å². The molecular weight excluding hydrogens is 636 g/mol. The van der Waals surface area contributed by atoms with Crippen molar-refractivity contribution < 1.29 is 44.1 Å². The zero-order valence-corrected chi connectivity index (χ0v) is 30.7. The van der Waals surface area contributed by atoms with E-state index < -0.39 is 16.9 Å². The molecule has 0 saturated carbocycles. The highest BCUT2D eigenvalue weighted by molar-refractivity contribution is 5.58. The lowest BCUT2D eigenvalue weighted by molar-refractivity contribution is 0.174. The third-order valence-electron chi connectivity index (χ3n) is 9.76. The Morgan fingerprint density at radius 1 is 0.480 bits per heavy atom. The van der Waals surface area contributed by atoms with E-state index in [-0.39, 0.29) is 50.3 Å². The monoisotopic (exact) mass is 688 g/mol. The van der Waals surface area contributed by atoms with Crippen LogP contribution in [-0.2, 0) is 67.5 Å². The van der Waals surface area contributed by atoms with Gasteiger partial charge in [-0.1, -0.05) is 38.1 Å². The van der Waals surface area contributed by atoms with Gasteiger partial charge in [0.2, 0.25) is 0 Å². The maximum atomic E-state index is 11.1. The van der Waals surface area contributed by atoms with Crippen LogP contribution in [0.5, 0.6) is 17.2 Å². The van der Waals surface area contributed by atoms with E-state index in [9.17, 15) is 20.4 Å². The number of aliphatic hydroxyl groups is 1. The van der Waals surface area contributed by atoms with Crippen LogP contribution in [0, 0.1) is 0 Å². The summed E-state index contributed by atoms with van der Waals surface area (Å²) >= 11 is 0. The minimum Gasteiger partial charge on any atom is -0.507 e. The summed E-state index contributed by atoms with van der Waals surface area (Å²) in [4.78, 5) is 0. The number of benzene rings is 4. The third kappa shape index (κ3) is 7.68. The number of aromatic hydroxyl groups is 3. The molecule has 0 saturated heterocycles. The summed E-state index contributed by atoms with van der Waals surface area (Å²) < 4.78 is 27.2. The average molecular weight is 689 g/mol. The van der Waals surface area contributed by atoms with Gasteiger partial charge in [-0.15, -0.1) is 0 Å². The first-order chi connectivity index (χ1) is 23.8. The highest BCUT2D eigenvalue weighted by Crippen LogP contribution is 2.45. The van der Waals surface area contributed by atoms with Crippen LogP contribution in [0.2, 0.25) is 0 Å². The minimum atomic E-state index is -0.942. The van der Waals surface area contributed by atoms with Crippen LogP contribution in [0.3, 0.4) is 0 Å². The first-order valence-electron chi connectivity index (χ1n) is 16.6. The molecule has 0 aromatic heterocycles. The largest absolute Gasteiger partial charge is 0.507 e. The van der Waals surface area contributed by atoms with Crippen molar-refractivity contribution in [3.8, 4) is 17.2 Å². The normalized spacial score (nSPS) is 13.7. The van der Waals surface area contributed by atoms with Crippen molar-refractivity contribution in [2.75, 3.05) is 35.5 Å². The molecule has 2 atom stereocenters. The number of aliphatic hydroxyl groups excluding tert-OH is 1. The zero-order valence-electron chi connectivity index (χ0n) is 30.7. The summed E-state index contributed by atoms with van der Waals surface area (Å²) in [7, 11) is 7.93. The summed E-state index contributed by atoms with van der Waals surface area (Å²) in [6.45, 7) is 9.04. The molecule has 4 rings (SSSR count). The van der Waals surface area contributed by atoms with Crippen LogP contribution >= 0.6 is 0 Å². The van der Waals surface area contributed by atoms with Crippen molar-refractivity contribution in [2.24, 2.45) is 0 Å². The van der Waals surface area contributed by atoms with Crippen molar-refractivity contribution in [1.82, 2.24) is 0 Å². The van der Waals surface area contributed by atoms with Crippen molar-refractivity contribution in [3.63, 3.8) is 0 Å². The first kappa shape index (κ1) is 38.8. The van der Waals surface area contributed by atoms with Crippen molar-refractivity contribution in [3.05, 3.63) is 122 Å². The number of ether oxygens (including phenoxy) is 5. The highest BCUT2D eigenvalue weighted by atomic mass is 16.5. The standard InChI is InChI=1S/C41H52O9/c1-25(42)36-19-35(18-30(24-50-9)39(36)45)41(4,34-16-28(22-48-7)38(44)29(17-34)23-49-8)32-12-10-31(11-13-32)40(2,3)33-14-26(20-46-5)37(43)27(15-33)21-47-6/h10-19,25,42-45H,20-24H2,1-9H3. The third-order valence-corrected chi connectivity index (χ3v) is 9.76. The summed E-state index contributed by atoms with van der Waals surface area (Å²) in [5.41, 5.74) is 6.87. The molecule has 0 aliphatic carbocycles. The number of phenolic OH excluding ortho intramolecular Hbond substituents is 3. The predicted molar refractivity (Wildman–Crippen MR) is 193 cm³/mol. The molecular formula is C41H52O9. The average Bonchev–Trinajstić information content (AvgIpc) is 3.09. The molecule has 0 aliphatic rings. The van der Waals surface area contributed by atoms with Crippen molar-refractivity contribution in [1.29, 1.82) is 0 Å². The smallest absolute Gasteiger partial charge is 0.126 e. The van der Waals surface area contributed by atoms with E-state index in [2.05, 4.69) is 45.0 Å². The Bertz CT molecular complexity index is 1710. The molecule has 50 heavy (non-hydrogen) atoms. The summed E-state index contributed by atoms with van der Waals surface area (Å²) in [5, 5.41) is 43.9. The lowest BCUT2D eigenvalue weighted by Crippen LogP contribution is -2.27. The van der Waals surface area contributed by atoms with Crippen molar-refractivity contribution >= 4 is 0 Å². The highest BCUT2D eigenvalue weighted by Gasteiger charge is 2.35. The van der Waals surface area contributed by atoms with Crippen LogP contribution < -0.4 is 0 Å². The van der Waals surface area contributed by atoms with Gasteiger partial charge in [-0.05, 0) is 78.1 Å². The molecule has 0 radical (unpaired) electrons. The van der Waals surface area contributed by atoms with Gasteiger partial charge in [-0.2, -0.15) is 0 Å². The zero-order chi connectivity index (χ0) is 36.8. The predicted octanol–water partition coefficient (Wildman–Crippen LogP) is 7.27. The van der Waals surface area contributed by atoms with Crippen LogP contribution in [0.1, 0.15) is 95.0 Å². The number of hydrogen-bond donors (Lipinski definition) is 4. The molecule has 9 nitrogen and oxygen atoms in total. The van der Waals surface area contributed by atoms with Crippen LogP contribution in [0.25, 0.3) is 0 Å². The van der Waals surface area contributed by atoms with Gasteiger partial charge in [0.05, 0.1) is 39.1 Å². The van der Waals surface area contributed by atoms with Gasteiger partial charge in [-0.3, -0.25) is 0 Å². The summed E-state index contributed by atoms with van der Waals surface area (Å²) in [6.07, 6.45) is -0.942. The van der Waals surface area contributed by atoms with Gasteiger partial charge >= 0.3 is 0 Å². The Hall–Kier alpha value is -3.96. The van der Waals surface area contributed by atoms with Gasteiger partial charge in [0.15, 0.2) is 0 Å². The molecule has 270 valence electrons. The fourth-order valence-electron chi connectivity index (χ4n) is 6.71. The Morgan fingerprint density at radius 2 is 0.800 bits per heavy atom. The second-order valence-electron chi connectivity index (χ2n) is 13.5. The molecule has 0 spiro atoms. The van der Waals surface area contributed by atoms with Gasteiger partial charge in [-0.25, -0.2) is 0 Å². The van der Waals surface area contributed by atoms with E-state index in [1.165, 1.54) is 0 Å². The van der Waals surface area contributed by atoms with Gasteiger partial charge in [0, 0.05) is 79.8 Å². The molecule has 0 fully saturated rings. The summed E-state index contributed by atoms with van der Waals surface area (Å²) in [5.74, 6) is 0.277. The van der Waals surface area contributed by atoms with E-state index in [1.54, 1.807) is 42.5 Å². The van der Waals surface area contributed by atoms with E-state index in [1.807, 2.05) is 36.4 Å². The lowest BCUT2D eigenvalue weighted by Gasteiger charge is -2.35. The molecule has 0 amide bonds. The fraction of sp³-hybridized carbons (Fsp3) is 0.415. The van der Waals surface area contributed by atoms with Gasteiger partial charge < -0.3 is 44.1 Å². The van der Waals surface area contributed by atoms with E-state index >= 15 is 0 Å². The first-order valence-corrected chi connectivity index (χ1v) is 16.6. The molecule has 0 bridgehead atoms. The Balaban J connectivity index is 1.98. The maximum Gasteiger partial charge on any atom is 0.126 e. The Morgan fingerprint density at radius 3 is 1.16 bits per heavy atom. The molecule has 4 aromatic carbocycles. The van der Waals surface area contributed by atoms with Crippen molar-refractivity contribution in [2.45, 2.75) is 77.7 Å². The van der Waals surface area contributed by atoms with Crippen LogP contribution in [0.15, 0.2) is 60.7 Å². The number of rotatable bonds is 16. The second kappa shape index (κ2) is 16.4. The SMILES string of the molecule is COCc1cc(C(C)(C)c2ccc(C(C)(c3cc(COC)c(O)c(COC)c3)c3cc(COC)c(O)c(C(C)O)c3)cc2)cc(COC)c1O. The lowest BCUT2D eigenvalue weighted by atomic mass is 9.68. The summed E-state index contributed by atoms with van der Waals surface area (Å²) in [6, 6.07) is 20.0. The Kier molecular flexibility index (Phi) is 12.7. The maximum absolute atomic E-state index is 11.1. The number of methoxy groups -OCH3 is 5. The van der Waals surface area contributed by atoms with Gasteiger partial charge in [0.25, 0.3) is 0 Å². The van der Waals surface area contributed by atoms with E-state index in [0.29, 0.717) is 33.4 Å². The molecule has 0 aliphatic heterocycles. The second-order valence-corrected chi connectivity index (χ2v) is 13.5.